The zero-order valence-corrected chi connectivity index (χ0v) is 13.5. The molecule has 1 aromatic carbocycles. The number of rotatable bonds is 3. The molecule has 2 amide bonds. The van der Waals surface area contributed by atoms with Crippen molar-refractivity contribution in [3.8, 4) is 0 Å². The van der Waals surface area contributed by atoms with E-state index >= 15 is 0 Å². The summed E-state index contributed by atoms with van der Waals surface area (Å²) in [6.45, 7) is 3.41. The number of benzene rings is 1. The molecule has 0 radical (unpaired) electrons. The molecule has 3 rings (SSSR count). The smallest absolute Gasteiger partial charge is 0.271 e. The largest absolute Gasteiger partial charge is 0.287 e. The Labute approximate surface area is 140 Å². The van der Waals surface area contributed by atoms with Gasteiger partial charge in [0.05, 0.1) is 11.6 Å². The summed E-state index contributed by atoms with van der Waals surface area (Å²) in [5, 5.41) is 0. The third-order valence-corrected chi connectivity index (χ3v) is 4.31. The normalized spacial score (nSPS) is 15.2. The highest BCUT2D eigenvalue weighted by Gasteiger charge is 2.25. The second-order valence-electron chi connectivity index (χ2n) is 5.85. The highest BCUT2D eigenvalue weighted by atomic mass is 16.2. The highest BCUT2D eigenvalue weighted by molar-refractivity contribution is 5.95. The van der Waals surface area contributed by atoms with Crippen molar-refractivity contribution in [2.75, 3.05) is 6.54 Å². The van der Waals surface area contributed by atoms with Crippen LogP contribution in [-0.4, -0.2) is 34.3 Å². The predicted molar refractivity (Wildman–Crippen MR) is 89.9 cm³/mol. The zero-order valence-electron chi connectivity index (χ0n) is 13.5. The van der Waals surface area contributed by atoms with Crippen LogP contribution in [0.25, 0.3) is 0 Å². The molecule has 1 aromatic heterocycles. The molecule has 6 nitrogen and oxygen atoms in total. The van der Waals surface area contributed by atoms with Gasteiger partial charge in [-0.3, -0.25) is 30.3 Å². The van der Waals surface area contributed by atoms with Gasteiger partial charge in [0, 0.05) is 25.5 Å². The average Bonchev–Trinajstić information content (AvgIpc) is 2.65. The van der Waals surface area contributed by atoms with E-state index in [9.17, 15) is 9.59 Å². The Hall–Kier alpha value is -2.73. The van der Waals surface area contributed by atoms with E-state index in [4.69, 9.17) is 0 Å². The van der Waals surface area contributed by atoms with Crippen molar-refractivity contribution in [2.24, 2.45) is 0 Å². The minimum absolute atomic E-state index is 0.230. The lowest BCUT2D eigenvalue weighted by atomic mass is 9.99. The van der Waals surface area contributed by atoms with Gasteiger partial charge in [0.1, 0.15) is 0 Å². The fraction of sp³-hybridized carbons (Fsp3) is 0.278. The van der Waals surface area contributed by atoms with Crippen LogP contribution in [-0.2, 0) is 17.8 Å². The summed E-state index contributed by atoms with van der Waals surface area (Å²) in [6, 6.07) is 11.3. The number of aromatic nitrogens is 1. The molecule has 24 heavy (non-hydrogen) atoms. The van der Waals surface area contributed by atoms with Crippen molar-refractivity contribution in [2.45, 2.75) is 25.9 Å². The summed E-state index contributed by atoms with van der Waals surface area (Å²) in [5.74, 6) is -0.612. The second-order valence-corrected chi connectivity index (χ2v) is 5.85. The minimum atomic E-state index is -0.382. The van der Waals surface area contributed by atoms with Gasteiger partial charge < -0.3 is 0 Å². The van der Waals surface area contributed by atoms with E-state index in [1.54, 1.807) is 18.3 Å². The Morgan fingerprint density at radius 3 is 2.67 bits per heavy atom. The number of hydrazine groups is 1. The predicted octanol–water partition coefficient (Wildman–Crippen LogP) is 1.29. The molecule has 6 heteroatoms. The van der Waals surface area contributed by atoms with Crippen LogP contribution in [0.3, 0.4) is 0 Å². The van der Waals surface area contributed by atoms with Crippen molar-refractivity contribution in [1.82, 2.24) is 20.7 Å². The highest BCUT2D eigenvalue weighted by Crippen LogP contribution is 2.20. The summed E-state index contributed by atoms with van der Waals surface area (Å²) in [6.07, 6.45) is 3.97. The van der Waals surface area contributed by atoms with Crippen LogP contribution in [0.1, 0.15) is 28.4 Å². The first kappa shape index (κ1) is 16.1. The first-order valence-electron chi connectivity index (χ1n) is 7.96. The van der Waals surface area contributed by atoms with Crippen molar-refractivity contribution in [1.29, 1.82) is 0 Å². The van der Waals surface area contributed by atoms with Crippen LogP contribution in [0.15, 0.2) is 48.8 Å². The number of hydrogen-bond donors (Lipinski definition) is 2. The summed E-state index contributed by atoms with van der Waals surface area (Å²) in [7, 11) is 0. The van der Waals surface area contributed by atoms with E-state index in [-0.39, 0.29) is 17.9 Å². The van der Waals surface area contributed by atoms with Gasteiger partial charge in [0.2, 0.25) is 0 Å². The summed E-state index contributed by atoms with van der Waals surface area (Å²) in [5.41, 5.74) is 7.92. The first-order chi connectivity index (χ1) is 11.6. The maximum Gasteiger partial charge on any atom is 0.271 e. The van der Waals surface area contributed by atoms with E-state index in [2.05, 4.69) is 32.9 Å². The monoisotopic (exact) mass is 324 g/mol. The zero-order chi connectivity index (χ0) is 16.9. The first-order valence-corrected chi connectivity index (χ1v) is 7.96. The van der Waals surface area contributed by atoms with Gasteiger partial charge in [-0.05, 0) is 36.6 Å². The minimum Gasteiger partial charge on any atom is -0.287 e. The Bertz CT molecular complexity index is 733. The molecule has 124 valence electrons. The third kappa shape index (κ3) is 3.60. The number of nitrogens with one attached hydrogen (secondary N) is 2. The van der Waals surface area contributed by atoms with E-state index in [1.807, 2.05) is 19.1 Å². The van der Waals surface area contributed by atoms with Crippen LogP contribution in [0.2, 0.25) is 0 Å². The van der Waals surface area contributed by atoms with Crippen LogP contribution >= 0.6 is 0 Å². The van der Waals surface area contributed by atoms with Crippen molar-refractivity contribution < 1.29 is 9.59 Å². The van der Waals surface area contributed by atoms with E-state index in [0.29, 0.717) is 5.56 Å². The van der Waals surface area contributed by atoms with E-state index < -0.39 is 0 Å². The lowest BCUT2D eigenvalue weighted by Gasteiger charge is -2.32. The molecular weight excluding hydrogens is 304 g/mol. The fourth-order valence-electron chi connectivity index (χ4n) is 2.81. The Kier molecular flexibility index (Phi) is 4.86. The standard InChI is InChI=1S/C18H20N4O2/c1-13(22-10-8-14-5-2-3-6-16(14)12-22)17(23)20-21-18(24)15-7-4-9-19-11-15/h2-7,9,11,13H,8,10,12H2,1H3,(H,20,23)(H,21,24)/t13-/m0/s1. The maximum absolute atomic E-state index is 12.3. The third-order valence-electron chi connectivity index (χ3n) is 4.31. The van der Waals surface area contributed by atoms with E-state index in [0.717, 1.165) is 19.5 Å². The van der Waals surface area contributed by atoms with E-state index in [1.165, 1.54) is 17.3 Å². The molecule has 0 saturated heterocycles. The van der Waals surface area contributed by atoms with Gasteiger partial charge in [0.15, 0.2) is 0 Å². The molecular formula is C18H20N4O2. The van der Waals surface area contributed by atoms with Gasteiger partial charge in [-0.1, -0.05) is 24.3 Å². The number of fused-ring (bicyclic) bond motifs is 1. The quantitative estimate of drug-likeness (QED) is 0.835. The van der Waals surface area contributed by atoms with Crippen LogP contribution < -0.4 is 10.9 Å². The number of carbonyl (C=O) groups is 2. The van der Waals surface area contributed by atoms with Crippen LogP contribution in [0.4, 0.5) is 0 Å². The molecule has 0 spiro atoms. The lowest BCUT2D eigenvalue weighted by molar-refractivity contribution is -0.127. The molecule has 1 atom stereocenters. The molecule has 0 unspecified atom stereocenters. The topological polar surface area (TPSA) is 74.3 Å². The van der Waals surface area contributed by atoms with Crippen molar-refractivity contribution >= 4 is 11.8 Å². The Balaban J connectivity index is 1.55. The maximum atomic E-state index is 12.3. The average molecular weight is 324 g/mol. The molecule has 2 N–H and O–H groups in total. The molecule has 0 bridgehead atoms. The molecule has 1 aliphatic heterocycles. The Morgan fingerprint density at radius 1 is 1.12 bits per heavy atom. The molecule has 0 saturated carbocycles. The van der Waals surface area contributed by atoms with Gasteiger partial charge in [0.25, 0.3) is 11.8 Å². The van der Waals surface area contributed by atoms with Crippen molar-refractivity contribution in [3.05, 3.63) is 65.5 Å². The van der Waals surface area contributed by atoms with Gasteiger partial charge in [-0.25, -0.2) is 0 Å². The SMILES string of the molecule is C[C@@H](C(=O)NNC(=O)c1cccnc1)N1CCc2ccccc2C1. The number of pyridine rings is 1. The van der Waals surface area contributed by atoms with Crippen molar-refractivity contribution in [3.63, 3.8) is 0 Å². The summed E-state index contributed by atoms with van der Waals surface area (Å²) < 4.78 is 0. The molecule has 0 aliphatic carbocycles. The van der Waals surface area contributed by atoms with Crippen LogP contribution in [0, 0.1) is 0 Å². The molecule has 2 heterocycles. The van der Waals surface area contributed by atoms with Crippen LogP contribution in [0.5, 0.6) is 0 Å². The van der Waals surface area contributed by atoms with Gasteiger partial charge in [-0.2, -0.15) is 0 Å². The summed E-state index contributed by atoms with van der Waals surface area (Å²) >= 11 is 0. The second kappa shape index (κ2) is 7.23. The number of amides is 2. The lowest BCUT2D eigenvalue weighted by Crippen LogP contribution is -2.52. The molecule has 1 aliphatic rings. The Morgan fingerprint density at radius 2 is 1.92 bits per heavy atom. The fourth-order valence-corrected chi connectivity index (χ4v) is 2.81. The number of nitrogens with zero attached hydrogens (tertiary/aromatic N) is 2. The van der Waals surface area contributed by atoms with Gasteiger partial charge in [-0.15, -0.1) is 0 Å². The number of carbonyl (C=O) groups excluding carboxylic acids is 2. The number of hydrogen-bond acceptors (Lipinski definition) is 4. The summed E-state index contributed by atoms with van der Waals surface area (Å²) in [4.78, 5) is 30.2. The molecule has 0 fully saturated rings. The van der Waals surface area contributed by atoms with Gasteiger partial charge >= 0.3 is 0 Å². The molecule has 2 aromatic rings.